The number of carbonyl (C=O) groups is 3. The second-order valence-electron chi connectivity index (χ2n) is 5.52. The monoisotopic (exact) mass is 378 g/mol. The summed E-state index contributed by atoms with van der Waals surface area (Å²) < 4.78 is 5.30. The summed E-state index contributed by atoms with van der Waals surface area (Å²) in [5, 5.41) is 16.4. The molecule has 1 atom stereocenters. The second-order valence-corrected chi connectivity index (χ2v) is 5.52. The van der Waals surface area contributed by atoms with Crippen molar-refractivity contribution >= 4 is 23.5 Å². The van der Waals surface area contributed by atoms with Gasteiger partial charge in [-0.05, 0) is 17.7 Å². The van der Waals surface area contributed by atoms with E-state index in [-0.39, 0.29) is 48.5 Å². The van der Waals surface area contributed by atoms with E-state index < -0.39 is 17.8 Å². The maximum absolute atomic E-state index is 12.2. The van der Waals surface area contributed by atoms with E-state index in [9.17, 15) is 19.5 Å². The molecule has 0 radical (unpaired) electrons. The molecule has 0 aliphatic heterocycles. The van der Waals surface area contributed by atoms with Crippen LogP contribution < -0.4 is 50.0 Å². The number of carbonyl (C=O) groups excluding carboxylic acids is 3. The van der Waals surface area contributed by atoms with Gasteiger partial charge in [0.2, 0.25) is 5.91 Å². The Bertz CT molecular complexity index is 783. The Hall–Kier alpha value is -2.35. The van der Waals surface area contributed by atoms with Crippen LogP contribution in [0, 0.1) is 0 Å². The first-order chi connectivity index (χ1) is 12.5. The van der Waals surface area contributed by atoms with E-state index in [0.717, 1.165) is 0 Å². The predicted octanol–water partition coefficient (Wildman–Crippen LogP) is -2.32. The summed E-state index contributed by atoms with van der Waals surface area (Å²) >= 11 is 0. The van der Waals surface area contributed by atoms with Gasteiger partial charge in [0, 0.05) is 37.1 Å². The van der Waals surface area contributed by atoms with Crippen LogP contribution >= 0.6 is 0 Å². The fourth-order valence-electron chi connectivity index (χ4n) is 2.30. The number of carboxylic acid groups (broad SMARTS) is 1. The van der Waals surface area contributed by atoms with Crippen LogP contribution in [0.15, 0.2) is 54.6 Å². The average molecular weight is 378 g/mol. The molecule has 27 heavy (non-hydrogen) atoms. The zero-order chi connectivity index (χ0) is 18.9. The van der Waals surface area contributed by atoms with Gasteiger partial charge in [-0.3, -0.25) is 9.59 Å². The van der Waals surface area contributed by atoms with Crippen LogP contribution in [0.2, 0.25) is 0 Å². The first-order valence-corrected chi connectivity index (χ1v) is 7.98. The Balaban J connectivity index is 0.00000364. The molecule has 2 aromatic rings. The molecule has 2 N–H and O–H groups in total. The van der Waals surface area contributed by atoms with Crippen molar-refractivity contribution in [2.24, 2.45) is 0 Å². The van der Waals surface area contributed by atoms with Crippen LogP contribution in [0.4, 0.5) is 5.69 Å². The van der Waals surface area contributed by atoms with Gasteiger partial charge in [0.25, 0.3) is 5.91 Å². The van der Waals surface area contributed by atoms with Crippen molar-refractivity contribution in [2.45, 2.75) is 12.3 Å². The smallest absolute Gasteiger partial charge is 0.549 e. The van der Waals surface area contributed by atoms with Crippen molar-refractivity contribution in [3.05, 3.63) is 60.2 Å². The van der Waals surface area contributed by atoms with Crippen molar-refractivity contribution in [3.8, 4) is 5.75 Å². The number of likely N-dealkylation sites (N-methyl/N-ethyl adjacent to an activating group) is 1. The maximum Gasteiger partial charge on any atom is 1.00 e. The normalized spacial score (nSPS) is 10.9. The minimum atomic E-state index is -1.31. The third kappa shape index (κ3) is 7.42. The summed E-state index contributed by atoms with van der Waals surface area (Å²) in [5.74, 6) is -2.69. The molecule has 7 nitrogen and oxygen atoms in total. The quantitative estimate of drug-likeness (QED) is 0.502. The molecule has 2 amide bonds. The Kier molecular flexibility index (Phi) is 9.56. The molecule has 0 aliphatic carbocycles. The van der Waals surface area contributed by atoms with Gasteiger partial charge >= 0.3 is 29.6 Å². The maximum atomic E-state index is 12.2. The number of carboxylic acids is 1. The van der Waals surface area contributed by atoms with E-state index in [4.69, 9.17) is 4.74 Å². The van der Waals surface area contributed by atoms with Crippen molar-refractivity contribution in [1.82, 2.24) is 5.32 Å². The number of aliphatic carboxylic acids is 1. The second kappa shape index (κ2) is 11.4. The van der Waals surface area contributed by atoms with Gasteiger partial charge in [0.05, 0.1) is 0 Å². The van der Waals surface area contributed by atoms with Gasteiger partial charge in [-0.25, -0.2) is 0 Å². The predicted molar refractivity (Wildman–Crippen MR) is 93.4 cm³/mol. The van der Waals surface area contributed by atoms with Gasteiger partial charge in [0.1, 0.15) is 5.75 Å². The molecule has 0 aliphatic rings. The first-order valence-electron chi connectivity index (χ1n) is 7.98. The Labute approximate surface area is 179 Å². The van der Waals surface area contributed by atoms with Crippen LogP contribution in [0.25, 0.3) is 0 Å². The minimum Gasteiger partial charge on any atom is -0.549 e. The van der Waals surface area contributed by atoms with Crippen LogP contribution in [-0.2, 0) is 14.4 Å². The van der Waals surface area contributed by atoms with Crippen molar-refractivity contribution in [1.29, 1.82) is 0 Å². The number of amides is 2. The summed E-state index contributed by atoms with van der Waals surface area (Å²) in [5.41, 5.74) is 0.944. The standard InChI is InChI=1S/C19H20N2O5.Na/c1-20-18(23)12-26-15-9-5-8-14(10-15)21-17(22)11-16(19(24)25)13-6-3-2-4-7-13;/h2-10,16H,11-12H2,1H3,(H,20,23)(H,21,22)(H,24,25);/q;+1/p-1. The van der Waals surface area contributed by atoms with E-state index in [1.54, 1.807) is 54.6 Å². The summed E-state index contributed by atoms with van der Waals surface area (Å²) in [6, 6.07) is 14.9. The Morgan fingerprint density at radius 2 is 1.74 bits per heavy atom. The fraction of sp³-hybridized carbons (Fsp3) is 0.211. The molecule has 0 spiro atoms. The van der Waals surface area contributed by atoms with Crippen molar-refractivity contribution in [3.63, 3.8) is 0 Å². The molecule has 2 rings (SSSR count). The van der Waals surface area contributed by atoms with E-state index in [2.05, 4.69) is 10.6 Å². The largest absolute Gasteiger partial charge is 1.00 e. The number of hydrogen-bond acceptors (Lipinski definition) is 5. The van der Waals surface area contributed by atoms with Crippen LogP contribution in [-0.4, -0.2) is 31.4 Å². The molecule has 0 heterocycles. The van der Waals surface area contributed by atoms with Crippen LogP contribution in [0.3, 0.4) is 0 Å². The third-order valence-electron chi connectivity index (χ3n) is 3.64. The summed E-state index contributed by atoms with van der Waals surface area (Å²) in [6.45, 7) is -0.144. The van der Waals surface area contributed by atoms with Crippen LogP contribution in [0.1, 0.15) is 17.9 Å². The zero-order valence-corrected chi connectivity index (χ0v) is 17.2. The van der Waals surface area contributed by atoms with Gasteiger partial charge in [-0.1, -0.05) is 36.4 Å². The molecular formula is C19H19N2NaO5. The number of benzene rings is 2. The number of hydrogen-bond donors (Lipinski definition) is 2. The average Bonchev–Trinajstić information content (AvgIpc) is 2.65. The molecule has 0 bridgehead atoms. The third-order valence-corrected chi connectivity index (χ3v) is 3.64. The summed E-state index contributed by atoms with van der Waals surface area (Å²) in [7, 11) is 1.50. The SMILES string of the molecule is CNC(=O)COc1cccc(NC(=O)CC(C(=O)[O-])c2ccccc2)c1.[Na+]. The van der Waals surface area contributed by atoms with E-state index in [1.807, 2.05) is 0 Å². The van der Waals surface area contributed by atoms with Crippen LogP contribution in [0.5, 0.6) is 5.75 Å². The summed E-state index contributed by atoms with van der Waals surface area (Å²) in [6.07, 6.45) is -0.254. The van der Waals surface area contributed by atoms with Crippen molar-refractivity contribution in [2.75, 3.05) is 19.0 Å². The first kappa shape index (κ1) is 22.7. The molecule has 8 heteroatoms. The molecule has 0 saturated carbocycles. The number of rotatable bonds is 8. The Morgan fingerprint density at radius 3 is 2.37 bits per heavy atom. The molecule has 136 valence electrons. The number of anilines is 1. The molecule has 1 unspecified atom stereocenters. The molecule has 0 aromatic heterocycles. The molecule has 2 aromatic carbocycles. The van der Waals surface area contributed by atoms with Gasteiger partial charge in [-0.15, -0.1) is 0 Å². The molecule has 0 fully saturated rings. The minimum absolute atomic E-state index is 0. The van der Waals surface area contributed by atoms with E-state index in [1.165, 1.54) is 7.05 Å². The van der Waals surface area contributed by atoms with Crippen molar-refractivity contribution < 1.29 is 53.8 Å². The molecule has 0 saturated heterocycles. The zero-order valence-electron chi connectivity index (χ0n) is 15.2. The Morgan fingerprint density at radius 1 is 1.04 bits per heavy atom. The summed E-state index contributed by atoms with van der Waals surface area (Å²) in [4.78, 5) is 34.8. The topological polar surface area (TPSA) is 108 Å². The number of nitrogens with one attached hydrogen (secondary N) is 2. The van der Waals surface area contributed by atoms with E-state index >= 15 is 0 Å². The van der Waals surface area contributed by atoms with Gasteiger partial charge < -0.3 is 25.3 Å². The molecular weight excluding hydrogens is 359 g/mol. The fourth-order valence-corrected chi connectivity index (χ4v) is 2.30. The number of ether oxygens (including phenoxy) is 1. The van der Waals surface area contributed by atoms with Gasteiger partial charge in [-0.2, -0.15) is 0 Å². The van der Waals surface area contributed by atoms with E-state index in [0.29, 0.717) is 17.0 Å². The van der Waals surface area contributed by atoms with Gasteiger partial charge in [0.15, 0.2) is 6.61 Å².